The number of carbonyl (C=O) groups excluding carboxylic acids is 2. The van der Waals surface area contributed by atoms with Gasteiger partial charge in [-0.25, -0.2) is 4.39 Å². The second-order valence-corrected chi connectivity index (χ2v) is 8.61. The van der Waals surface area contributed by atoms with Crippen molar-refractivity contribution in [2.75, 3.05) is 25.3 Å². The molecule has 9 nitrogen and oxygen atoms in total. The summed E-state index contributed by atoms with van der Waals surface area (Å²) in [6, 6.07) is 19.8. The molecule has 0 saturated heterocycles. The van der Waals surface area contributed by atoms with Crippen molar-refractivity contribution in [3.63, 3.8) is 0 Å². The Kier molecular flexibility index (Phi) is 8.37. The van der Waals surface area contributed by atoms with Crippen molar-refractivity contribution in [2.45, 2.75) is 11.7 Å². The molecule has 37 heavy (non-hydrogen) atoms. The van der Waals surface area contributed by atoms with Crippen LogP contribution < -0.4 is 20.1 Å². The third-order valence-corrected chi connectivity index (χ3v) is 6.16. The molecule has 0 spiro atoms. The van der Waals surface area contributed by atoms with Crippen molar-refractivity contribution in [3.8, 4) is 17.2 Å². The van der Waals surface area contributed by atoms with E-state index in [2.05, 4.69) is 20.8 Å². The predicted octanol–water partition coefficient (Wildman–Crippen LogP) is 4.08. The minimum absolute atomic E-state index is 0.0559. The molecule has 2 amide bonds. The Bertz CT molecular complexity index is 1380. The fraction of sp³-hybridized carbons (Fsp3) is 0.154. The summed E-state index contributed by atoms with van der Waals surface area (Å²) in [5.41, 5.74) is 1.68. The van der Waals surface area contributed by atoms with Crippen LogP contribution in [0.25, 0.3) is 5.69 Å². The standard InChI is InChI=1S/C26H24FN5O4S/c1-35-21-13-8-17(14-22(21)36-2)25(34)28-15-23-30-31-26(32(23)20-6-4-3-5-7-20)37-16-24(33)29-19-11-9-18(27)10-12-19/h3-14H,15-16H2,1-2H3,(H,28,34)(H,29,33). The van der Waals surface area contributed by atoms with Gasteiger partial charge in [0.15, 0.2) is 22.5 Å². The highest BCUT2D eigenvalue weighted by Crippen LogP contribution is 2.27. The van der Waals surface area contributed by atoms with Crippen LogP contribution in [0.15, 0.2) is 78.0 Å². The van der Waals surface area contributed by atoms with Gasteiger partial charge in [-0.2, -0.15) is 0 Å². The number of hydrogen-bond acceptors (Lipinski definition) is 7. The van der Waals surface area contributed by atoms with Crippen molar-refractivity contribution in [3.05, 3.63) is 90.0 Å². The molecule has 3 aromatic carbocycles. The van der Waals surface area contributed by atoms with Crippen LogP contribution in [0.2, 0.25) is 0 Å². The molecule has 0 radical (unpaired) electrons. The van der Waals surface area contributed by atoms with Crippen molar-refractivity contribution in [1.29, 1.82) is 0 Å². The molecule has 0 unspecified atom stereocenters. The van der Waals surface area contributed by atoms with E-state index in [0.29, 0.717) is 33.7 Å². The summed E-state index contributed by atoms with van der Waals surface area (Å²) in [7, 11) is 3.02. The van der Waals surface area contributed by atoms with E-state index in [4.69, 9.17) is 9.47 Å². The number of ether oxygens (including phenoxy) is 2. The maximum atomic E-state index is 13.1. The number of methoxy groups -OCH3 is 2. The van der Waals surface area contributed by atoms with Gasteiger partial charge in [0, 0.05) is 16.9 Å². The molecule has 0 bridgehead atoms. The number of rotatable bonds is 10. The number of nitrogens with zero attached hydrogens (tertiary/aromatic N) is 3. The Labute approximate surface area is 217 Å². The van der Waals surface area contributed by atoms with E-state index in [1.54, 1.807) is 22.8 Å². The average molecular weight is 522 g/mol. The monoisotopic (exact) mass is 521 g/mol. The van der Waals surface area contributed by atoms with Crippen LogP contribution in [0.5, 0.6) is 11.5 Å². The van der Waals surface area contributed by atoms with Gasteiger partial charge >= 0.3 is 0 Å². The van der Waals surface area contributed by atoms with Crippen LogP contribution in [0, 0.1) is 5.82 Å². The van der Waals surface area contributed by atoms with Crippen molar-refractivity contribution in [1.82, 2.24) is 20.1 Å². The van der Waals surface area contributed by atoms with Crippen LogP contribution in [-0.4, -0.2) is 46.6 Å². The lowest BCUT2D eigenvalue weighted by atomic mass is 10.2. The summed E-state index contributed by atoms with van der Waals surface area (Å²) in [5.74, 6) is 0.531. The highest BCUT2D eigenvalue weighted by molar-refractivity contribution is 7.99. The molecule has 1 heterocycles. The lowest BCUT2D eigenvalue weighted by Crippen LogP contribution is -2.24. The quantitative estimate of drug-likeness (QED) is 0.303. The van der Waals surface area contributed by atoms with E-state index in [9.17, 15) is 14.0 Å². The minimum Gasteiger partial charge on any atom is -0.493 e. The zero-order valence-corrected chi connectivity index (χ0v) is 20.9. The van der Waals surface area contributed by atoms with Crippen molar-refractivity contribution >= 4 is 29.3 Å². The second kappa shape index (κ2) is 12.0. The summed E-state index contributed by atoms with van der Waals surface area (Å²) in [4.78, 5) is 25.2. The summed E-state index contributed by atoms with van der Waals surface area (Å²) in [6.45, 7) is 0.0947. The van der Waals surface area contributed by atoms with Gasteiger partial charge in [-0.3, -0.25) is 14.2 Å². The Morgan fingerprint density at radius 2 is 1.68 bits per heavy atom. The summed E-state index contributed by atoms with van der Waals surface area (Å²) >= 11 is 1.19. The van der Waals surface area contributed by atoms with Gasteiger partial charge in [-0.05, 0) is 54.6 Å². The molecular weight excluding hydrogens is 497 g/mol. The van der Waals surface area contributed by atoms with Gasteiger partial charge < -0.3 is 20.1 Å². The maximum absolute atomic E-state index is 13.1. The minimum atomic E-state index is -0.380. The van der Waals surface area contributed by atoms with Crippen molar-refractivity contribution < 1.29 is 23.5 Å². The first-order chi connectivity index (χ1) is 18.0. The van der Waals surface area contributed by atoms with Gasteiger partial charge in [0.05, 0.1) is 26.5 Å². The van der Waals surface area contributed by atoms with E-state index in [-0.39, 0.29) is 29.9 Å². The van der Waals surface area contributed by atoms with Gasteiger partial charge in [0.2, 0.25) is 5.91 Å². The SMILES string of the molecule is COc1ccc(C(=O)NCc2nnc(SCC(=O)Nc3ccc(F)cc3)n2-c2ccccc2)cc1OC. The van der Waals surface area contributed by atoms with Crippen molar-refractivity contribution in [2.24, 2.45) is 0 Å². The van der Waals surface area contributed by atoms with Crippen LogP contribution in [-0.2, 0) is 11.3 Å². The summed E-state index contributed by atoms with van der Waals surface area (Å²) in [5, 5.41) is 14.5. The number of aromatic nitrogens is 3. The van der Waals surface area contributed by atoms with Gasteiger partial charge in [-0.15, -0.1) is 10.2 Å². The van der Waals surface area contributed by atoms with E-state index in [1.807, 2.05) is 30.3 Å². The molecule has 0 aliphatic carbocycles. The zero-order chi connectivity index (χ0) is 26.2. The third-order valence-electron chi connectivity index (χ3n) is 5.23. The van der Waals surface area contributed by atoms with Crippen LogP contribution >= 0.6 is 11.8 Å². The normalized spacial score (nSPS) is 10.6. The first kappa shape index (κ1) is 25.7. The Morgan fingerprint density at radius 1 is 0.946 bits per heavy atom. The molecule has 4 aromatic rings. The average Bonchev–Trinajstić information content (AvgIpc) is 3.34. The molecule has 0 fully saturated rings. The molecule has 0 saturated carbocycles. The van der Waals surface area contributed by atoms with Crippen LogP contribution in [0.4, 0.5) is 10.1 Å². The third kappa shape index (κ3) is 6.44. The Morgan fingerprint density at radius 3 is 2.38 bits per heavy atom. The number of anilines is 1. The molecule has 0 aliphatic rings. The van der Waals surface area contributed by atoms with Gasteiger partial charge in [0.1, 0.15) is 5.82 Å². The lowest BCUT2D eigenvalue weighted by Gasteiger charge is -2.12. The molecule has 4 rings (SSSR count). The number of halogens is 1. The summed E-state index contributed by atoms with van der Waals surface area (Å²) < 4.78 is 25.4. The molecule has 190 valence electrons. The first-order valence-electron chi connectivity index (χ1n) is 11.2. The van der Waals surface area contributed by atoms with E-state index in [0.717, 1.165) is 5.69 Å². The first-order valence-corrected chi connectivity index (χ1v) is 12.1. The topological polar surface area (TPSA) is 107 Å². The predicted molar refractivity (Wildman–Crippen MR) is 138 cm³/mol. The number of benzene rings is 3. The molecule has 0 atom stereocenters. The number of nitrogens with one attached hydrogen (secondary N) is 2. The smallest absolute Gasteiger partial charge is 0.251 e. The number of carbonyl (C=O) groups is 2. The Hall–Kier alpha value is -4.38. The van der Waals surface area contributed by atoms with Gasteiger partial charge in [0.25, 0.3) is 5.91 Å². The number of amides is 2. The molecule has 11 heteroatoms. The largest absolute Gasteiger partial charge is 0.493 e. The number of hydrogen-bond donors (Lipinski definition) is 2. The lowest BCUT2D eigenvalue weighted by molar-refractivity contribution is -0.113. The van der Waals surface area contributed by atoms with Crippen LogP contribution in [0.3, 0.4) is 0 Å². The Balaban J connectivity index is 1.47. The fourth-order valence-electron chi connectivity index (χ4n) is 3.44. The fourth-order valence-corrected chi connectivity index (χ4v) is 4.21. The molecule has 2 N–H and O–H groups in total. The highest BCUT2D eigenvalue weighted by atomic mass is 32.2. The van der Waals surface area contributed by atoms with E-state index in [1.165, 1.54) is 50.2 Å². The van der Waals surface area contributed by atoms with E-state index >= 15 is 0 Å². The maximum Gasteiger partial charge on any atom is 0.251 e. The molecular formula is C26H24FN5O4S. The number of thioether (sulfide) groups is 1. The molecule has 1 aromatic heterocycles. The van der Waals surface area contributed by atoms with Crippen LogP contribution in [0.1, 0.15) is 16.2 Å². The van der Waals surface area contributed by atoms with E-state index < -0.39 is 0 Å². The number of para-hydroxylation sites is 1. The second-order valence-electron chi connectivity index (χ2n) is 7.67. The van der Waals surface area contributed by atoms with Gasteiger partial charge in [-0.1, -0.05) is 30.0 Å². The summed E-state index contributed by atoms with van der Waals surface area (Å²) in [6.07, 6.45) is 0. The highest BCUT2D eigenvalue weighted by Gasteiger charge is 2.18. The zero-order valence-electron chi connectivity index (χ0n) is 20.1. The molecule has 0 aliphatic heterocycles.